The number of nitrogens with one attached hydrogen (secondary N) is 3. The zero-order valence-electron chi connectivity index (χ0n) is 37.1. The normalized spacial score (nSPS) is 10.8. The summed E-state index contributed by atoms with van der Waals surface area (Å²) in [7, 11) is 0. The summed E-state index contributed by atoms with van der Waals surface area (Å²) in [5, 5.41) is 0.608. The molecule has 0 unspecified atom stereocenters. The number of ketones is 1. The number of Topliss-reactive ketones (excluding diaryl/α,β-unsaturated/α-hetero) is 1. The van der Waals surface area contributed by atoms with Gasteiger partial charge < -0.3 is 22.7 Å². The number of ether oxygens (including phenoxy) is 2. The summed E-state index contributed by atoms with van der Waals surface area (Å²) in [6.07, 6.45) is 1.44. The molecule has 0 spiro atoms. The van der Waals surface area contributed by atoms with Gasteiger partial charge in [-0.1, -0.05) is 93.6 Å². The smallest absolute Gasteiger partial charge is 0.337 e. The number of fused-ring (bicyclic) bond motifs is 3. The molecule has 6 aromatic heterocycles. The number of carbonyl (C=O) groups is 1. The van der Waals surface area contributed by atoms with Gasteiger partial charge in [0.1, 0.15) is 35.2 Å². The first kappa shape index (κ1) is 47.9. The van der Waals surface area contributed by atoms with Gasteiger partial charge in [-0.2, -0.15) is 9.97 Å². The van der Waals surface area contributed by atoms with Crippen LogP contribution in [-0.2, 0) is 39.0 Å². The van der Waals surface area contributed by atoms with E-state index in [9.17, 15) is 42.7 Å². The summed E-state index contributed by atoms with van der Waals surface area (Å²) < 4.78 is 39.8. The van der Waals surface area contributed by atoms with Crippen LogP contribution < -0.4 is 48.7 Å². The van der Waals surface area contributed by atoms with Crippen molar-refractivity contribution in [2.75, 3.05) is 0 Å². The number of aromatic nitrogens is 6. The van der Waals surface area contributed by atoms with Gasteiger partial charge in [-0.15, -0.1) is 0 Å². The highest BCUT2D eigenvalue weighted by molar-refractivity contribution is 5.96. The van der Waals surface area contributed by atoms with Crippen molar-refractivity contribution in [3.63, 3.8) is 0 Å². The average molecular weight is 941 g/mol. The molecule has 3 N–H and O–H groups in total. The van der Waals surface area contributed by atoms with E-state index in [0.29, 0.717) is 40.5 Å². The minimum Gasteiger partial charge on any atom is -0.460 e. The highest BCUT2D eigenvalue weighted by Crippen LogP contribution is 2.16. The van der Waals surface area contributed by atoms with E-state index < -0.39 is 46.3 Å². The van der Waals surface area contributed by atoms with Crippen LogP contribution in [0.15, 0.2) is 150 Å². The Hall–Kier alpha value is -9.07. The van der Waals surface area contributed by atoms with Gasteiger partial charge >= 0.3 is 22.6 Å². The van der Waals surface area contributed by atoms with Crippen LogP contribution in [0.25, 0.3) is 33.3 Å². The van der Waals surface area contributed by atoms with Crippen molar-refractivity contribution in [2.45, 2.75) is 59.8 Å². The lowest BCUT2D eigenvalue weighted by Gasteiger charge is -2.07. The molecular formula is C49H41FN6O13. The standard InChI is InChI=1S/C17H13FN2O5.2C16H14N2O4/c1-2-9-7-13(22)25-15-14(9)16(23)20(17(24)19-15)8-12(21)10-4-3-5-11(18)6-10;2*1-2-11-8-12(19)22-15-13(11)14(20)17-16(18-15)21-9-10-6-4-3-5-7-10/h3-7H,2,8H2,1H3,(H,19,24);2*3-8H,2,9H2,1H3,(H,17,18,20). The van der Waals surface area contributed by atoms with E-state index in [4.69, 9.17) is 22.7 Å². The van der Waals surface area contributed by atoms with Crippen molar-refractivity contribution in [2.24, 2.45) is 0 Å². The number of benzene rings is 3. The molecule has 0 bridgehead atoms. The van der Waals surface area contributed by atoms with Crippen molar-refractivity contribution >= 4 is 39.1 Å². The number of halogens is 1. The summed E-state index contributed by atoms with van der Waals surface area (Å²) in [6.45, 7) is 5.40. The lowest BCUT2D eigenvalue weighted by Crippen LogP contribution is -2.38. The molecule has 20 heteroatoms. The van der Waals surface area contributed by atoms with Crippen LogP contribution in [0.4, 0.5) is 4.39 Å². The number of hydrogen-bond donors (Lipinski definition) is 3. The quantitative estimate of drug-likeness (QED) is 0.132. The second-order valence-electron chi connectivity index (χ2n) is 14.9. The van der Waals surface area contributed by atoms with E-state index in [1.165, 1.54) is 36.4 Å². The van der Waals surface area contributed by atoms with Gasteiger partial charge in [-0.25, -0.2) is 23.6 Å². The van der Waals surface area contributed by atoms with Crippen LogP contribution in [0, 0.1) is 5.82 Å². The number of H-pyrrole nitrogens is 3. The van der Waals surface area contributed by atoms with E-state index in [-0.39, 0.29) is 75.2 Å². The predicted octanol–water partition coefficient (Wildman–Crippen LogP) is 5.26. The topological polar surface area (TPSA) is 273 Å². The molecule has 0 aliphatic heterocycles. The molecule has 0 aliphatic rings. The van der Waals surface area contributed by atoms with E-state index in [1.807, 2.05) is 74.5 Å². The molecule has 0 atom stereocenters. The molecule has 0 aliphatic carbocycles. The van der Waals surface area contributed by atoms with Gasteiger partial charge in [0.2, 0.25) is 17.1 Å². The highest BCUT2D eigenvalue weighted by Gasteiger charge is 2.18. The molecule has 0 amide bonds. The average Bonchev–Trinajstić information content (AvgIpc) is 3.33. The summed E-state index contributed by atoms with van der Waals surface area (Å²) in [6, 6.07) is 27.8. The van der Waals surface area contributed by atoms with Gasteiger partial charge in [0.05, 0.1) is 6.54 Å². The lowest BCUT2D eigenvalue weighted by atomic mass is 10.1. The van der Waals surface area contributed by atoms with Gasteiger partial charge in [-0.05, 0) is 59.2 Å². The molecule has 9 aromatic rings. The Morgan fingerprint density at radius 1 is 0.580 bits per heavy atom. The molecule has 9 rings (SSSR count). The van der Waals surface area contributed by atoms with Crippen molar-refractivity contribution in [3.05, 3.63) is 215 Å². The van der Waals surface area contributed by atoms with Crippen molar-refractivity contribution in [3.8, 4) is 12.0 Å². The van der Waals surface area contributed by atoms with Crippen LogP contribution in [0.3, 0.4) is 0 Å². The van der Waals surface area contributed by atoms with Gasteiger partial charge in [0.15, 0.2) is 5.78 Å². The van der Waals surface area contributed by atoms with Crippen LogP contribution in [0.2, 0.25) is 0 Å². The third-order valence-corrected chi connectivity index (χ3v) is 10.3. The first-order chi connectivity index (χ1) is 33.2. The van der Waals surface area contributed by atoms with Crippen LogP contribution in [0.5, 0.6) is 12.0 Å². The molecule has 0 radical (unpaired) electrons. The first-order valence-corrected chi connectivity index (χ1v) is 21.3. The largest absolute Gasteiger partial charge is 0.460 e. The molecule has 0 saturated heterocycles. The van der Waals surface area contributed by atoms with E-state index in [1.54, 1.807) is 6.92 Å². The fourth-order valence-corrected chi connectivity index (χ4v) is 6.98. The zero-order chi connectivity index (χ0) is 49.2. The Morgan fingerprint density at radius 2 is 1.04 bits per heavy atom. The van der Waals surface area contributed by atoms with Crippen LogP contribution in [-0.4, -0.2) is 35.3 Å². The second kappa shape index (κ2) is 21.5. The Bertz CT molecular complexity index is 3610. The molecule has 3 aromatic carbocycles. The number of aromatic amines is 3. The fourth-order valence-electron chi connectivity index (χ4n) is 6.98. The predicted molar refractivity (Wildman–Crippen MR) is 250 cm³/mol. The minimum absolute atomic E-state index is 0.00355. The van der Waals surface area contributed by atoms with Gasteiger partial charge in [0, 0.05) is 23.8 Å². The molecule has 19 nitrogen and oxygen atoms in total. The second-order valence-corrected chi connectivity index (χ2v) is 14.9. The maximum Gasteiger partial charge on any atom is 0.337 e. The maximum absolute atomic E-state index is 13.2. The van der Waals surface area contributed by atoms with Crippen molar-refractivity contribution < 1.29 is 31.9 Å². The molecule has 6 heterocycles. The van der Waals surface area contributed by atoms with Crippen molar-refractivity contribution in [1.82, 2.24) is 29.5 Å². The maximum atomic E-state index is 13.2. The third-order valence-electron chi connectivity index (χ3n) is 10.3. The zero-order valence-corrected chi connectivity index (χ0v) is 37.1. The van der Waals surface area contributed by atoms with Crippen LogP contribution in [0.1, 0.15) is 58.9 Å². The van der Waals surface area contributed by atoms with E-state index >= 15 is 0 Å². The fraction of sp³-hybridized carbons (Fsp3) is 0.184. The molecule has 69 heavy (non-hydrogen) atoms. The van der Waals surface area contributed by atoms with Gasteiger partial charge in [-0.3, -0.25) is 38.7 Å². The SMILES string of the molecule is CCc1cc(=O)oc2[nH]c(=O)n(CC(=O)c3cccc(F)c3)c(=O)c12.CCc1cc(=O)oc2nc(OCc3ccccc3)[nH]c(=O)c12.CCc1cc(=O)oc2nc(OCc3ccccc3)[nH]c(=O)c12. The summed E-state index contributed by atoms with van der Waals surface area (Å²) in [4.78, 5) is 111. The summed E-state index contributed by atoms with van der Waals surface area (Å²) in [5.41, 5.74) is -0.847. The van der Waals surface area contributed by atoms with Crippen molar-refractivity contribution in [1.29, 1.82) is 0 Å². The number of hydrogen-bond acceptors (Lipinski definition) is 15. The Morgan fingerprint density at radius 3 is 1.51 bits per heavy atom. The Labute approximate surface area is 386 Å². The minimum atomic E-state index is -0.890. The number of carbonyl (C=O) groups excluding carboxylic acids is 1. The lowest BCUT2D eigenvalue weighted by molar-refractivity contribution is 0.0968. The number of rotatable bonds is 12. The monoisotopic (exact) mass is 940 g/mol. The molecule has 0 fully saturated rings. The third kappa shape index (κ3) is 11.5. The number of aryl methyl sites for hydroxylation is 3. The number of nitrogens with zero attached hydrogens (tertiary/aromatic N) is 3. The van der Waals surface area contributed by atoms with E-state index in [0.717, 1.165) is 17.2 Å². The first-order valence-electron chi connectivity index (χ1n) is 21.3. The molecule has 0 saturated carbocycles. The highest BCUT2D eigenvalue weighted by atomic mass is 19.1. The molecule has 352 valence electrons. The summed E-state index contributed by atoms with van der Waals surface area (Å²) in [5.74, 6) is -1.19. The van der Waals surface area contributed by atoms with E-state index in [2.05, 4.69) is 24.9 Å². The van der Waals surface area contributed by atoms with Gasteiger partial charge in [0.25, 0.3) is 28.7 Å². The summed E-state index contributed by atoms with van der Waals surface area (Å²) >= 11 is 0. The Kier molecular flexibility index (Phi) is 14.9. The Balaban J connectivity index is 0.000000153. The van der Waals surface area contributed by atoms with Crippen LogP contribution >= 0.6 is 0 Å². The molecular weight excluding hydrogens is 900 g/mol.